The summed E-state index contributed by atoms with van der Waals surface area (Å²) in [5.74, 6) is 0.333. The third kappa shape index (κ3) is 4.20. The molecule has 29 heavy (non-hydrogen) atoms. The first-order valence-corrected chi connectivity index (χ1v) is 11.6. The molecule has 1 N–H and O–H groups in total. The SMILES string of the molecule is CS(=O)(=O)N1CCc2cc(C(=O)Nc3ccnn3Cc3ccc(Br)cc3)ccc21. The molecule has 2 aromatic carbocycles. The van der Waals surface area contributed by atoms with Crippen molar-refractivity contribution in [1.82, 2.24) is 9.78 Å². The number of fused-ring (bicyclic) bond motifs is 1. The van der Waals surface area contributed by atoms with Gasteiger partial charge in [0.15, 0.2) is 0 Å². The summed E-state index contributed by atoms with van der Waals surface area (Å²) in [5, 5.41) is 7.18. The Balaban J connectivity index is 1.51. The summed E-state index contributed by atoms with van der Waals surface area (Å²) in [5.41, 5.74) is 3.04. The molecule has 0 fully saturated rings. The maximum Gasteiger partial charge on any atom is 0.256 e. The van der Waals surface area contributed by atoms with E-state index in [1.165, 1.54) is 10.6 Å². The molecule has 1 aliphatic rings. The summed E-state index contributed by atoms with van der Waals surface area (Å²) in [6, 6.07) is 14.7. The standard InChI is InChI=1S/C20H19BrN4O3S/c1-29(27,28)25-11-9-15-12-16(4-7-18(15)25)20(26)23-19-8-10-22-24(19)13-14-2-5-17(21)6-3-14/h2-8,10,12H,9,11,13H2,1H3,(H,23,26). The highest BCUT2D eigenvalue weighted by atomic mass is 79.9. The topological polar surface area (TPSA) is 84.3 Å². The number of hydrogen-bond donors (Lipinski definition) is 1. The van der Waals surface area contributed by atoms with Crippen LogP contribution in [0.25, 0.3) is 0 Å². The fourth-order valence-corrected chi connectivity index (χ4v) is 4.60. The van der Waals surface area contributed by atoms with Crippen molar-refractivity contribution in [1.29, 1.82) is 0 Å². The molecule has 0 aliphatic carbocycles. The largest absolute Gasteiger partial charge is 0.307 e. The zero-order valence-corrected chi connectivity index (χ0v) is 18.1. The second kappa shape index (κ2) is 7.64. The van der Waals surface area contributed by atoms with Crippen molar-refractivity contribution in [3.63, 3.8) is 0 Å². The zero-order chi connectivity index (χ0) is 20.6. The molecular weight excluding hydrogens is 456 g/mol. The Morgan fingerprint density at radius 1 is 1.17 bits per heavy atom. The lowest BCUT2D eigenvalue weighted by Gasteiger charge is -2.16. The quantitative estimate of drug-likeness (QED) is 0.614. The maximum atomic E-state index is 12.7. The summed E-state index contributed by atoms with van der Waals surface area (Å²) < 4.78 is 27.8. The third-order valence-electron chi connectivity index (χ3n) is 4.80. The van der Waals surface area contributed by atoms with E-state index in [1.54, 1.807) is 35.1 Å². The Bertz CT molecular complexity index is 1170. The highest BCUT2D eigenvalue weighted by molar-refractivity contribution is 9.10. The van der Waals surface area contributed by atoms with Crippen LogP contribution in [0.15, 0.2) is 59.2 Å². The number of hydrogen-bond acceptors (Lipinski definition) is 4. The molecule has 0 bridgehead atoms. The summed E-state index contributed by atoms with van der Waals surface area (Å²) in [7, 11) is -3.31. The zero-order valence-electron chi connectivity index (χ0n) is 15.7. The molecule has 1 aliphatic heterocycles. The average Bonchev–Trinajstić information content (AvgIpc) is 3.29. The van der Waals surface area contributed by atoms with E-state index in [4.69, 9.17) is 0 Å². The van der Waals surface area contributed by atoms with Gasteiger partial charge < -0.3 is 5.32 Å². The number of carbonyl (C=O) groups is 1. The second-order valence-electron chi connectivity index (χ2n) is 6.88. The molecule has 0 saturated carbocycles. The molecule has 9 heteroatoms. The number of halogens is 1. The van der Waals surface area contributed by atoms with Crippen molar-refractivity contribution in [2.75, 3.05) is 22.4 Å². The van der Waals surface area contributed by atoms with Crippen molar-refractivity contribution in [2.24, 2.45) is 0 Å². The minimum Gasteiger partial charge on any atom is -0.307 e. The van der Waals surface area contributed by atoms with E-state index < -0.39 is 10.0 Å². The highest BCUT2D eigenvalue weighted by Crippen LogP contribution is 2.31. The van der Waals surface area contributed by atoms with E-state index in [0.717, 1.165) is 15.6 Å². The molecule has 1 amide bonds. The van der Waals surface area contributed by atoms with Crippen molar-refractivity contribution in [2.45, 2.75) is 13.0 Å². The Labute approximate surface area is 177 Å². The molecular formula is C20H19BrN4O3S. The van der Waals surface area contributed by atoms with Gasteiger partial charge in [0.1, 0.15) is 5.82 Å². The van der Waals surface area contributed by atoms with Crippen molar-refractivity contribution in [3.05, 3.63) is 75.9 Å². The molecule has 7 nitrogen and oxygen atoms in total. The van der Waals surface area contributed by atoms with Crippen LogP contribution in [-0.4, -0.2) is 36.9 Å². The second-order valence-corrected chi connectivity index (χ2v) is 9.71. The van der Waals surface area contributed by atoms with Gasteiger partial charge >= 0.3 is 0 Å². The Hall–Kier alpha value is -2.65. The van der Waals surface area contributed by atoms with Gasteiger partial charge in [-0.2, -0.15) is 5.10 Å². The van der Waals surface area contributed by atoms with Gasteiger partial charge in [0.2, 0.25) is 10.0 Å². The minimum atomic E-state index is -3.31. The van der Waals surface area contributed by atoms with Gasteiger partial charge in [0.25, 0.3) is 5.91 Å². The van der Waals surface area contributed by atoms with Crippen LogP contribution in [-0.2, 0) is 23.0 Å². The first-order chi connectivity index (χ1) is 13.8. The fourth-order valence-electron chi connectivity index (χ4n) is 3.37. The molecule has 150 valence electrons. The molecule has 0 saturated heterocycles. The van der Waals surface area contributed by atoms with Crippen LogP contribution < -0.4 is 9.62 Å². The van der Waals surface area contributed by atoms with Crippen molar-refractivity contribution >= 4 is 43.4 Å². The number of sulfonamides is 1. The van der Waals surface area contributed by atoms with Crippen LogP contribution >= 0.6 is 15.9 Å². The highest BCUT2D eigenvalue weighted by Gasteiger charge is 2.26. The number of rotatable bonds is 5. The summed E-state index contributed by atoms with van der Waals surface area (Å²) >= 11 is 3.42. The van der Waals surface area contributed by atoms with E-state index in [1.807, 2.05) is 24.3 Å². The van der Waals surface area contributed by atoms with Crippen LogP contribution in [0.4, 0.5) is 11.5 Å². The molecule has 0 radical (unpaired) electrons. The van der Waals surface area contributed by atoms with Crippen LogP contribution in [0.3, 0.4) is 0 Å². The summed E-state index contributed by atoms with van der Waals surface area (Å²) in [6.07, 6.45) is 3.42. The predicted octanol–water partition coefficient (Wildman–Crippen LogP) is 3.27. The monoisotopic (exact) mass is 474 g/mol. The number of aromatic nitrogens is 2. The van der Waals surface area contributed by atoms with Gasteiger partial charge in [-0.3, -0.25) is 9.10 Å². The number of nitrogens with one attached hydrogen (secondary N) is 1. The Kier molecular flexibility index (Phi) is 5.18. The molecule has 1 aromatic heterocycles. The lowest BCUT2D eigenvalue weighted by atomic mass is 10.1. The smallest absolute Gasteiger partial charge is 0.256 e. The van der Waals surface area contributed by atoms with Gasteiger partial charge in [-0.25, -0.2) is 13.1 Å². The van der Waals surface area contributed by atoms with Gasteiger partial charge in [-0.1, -0.05) is 28.1 Å². The third-order valence-corrected chi connectivity index (χ3v) is 6.51. The van der Waals surface area contributed by atoms with Crippen LogP contribution in [0.1, 0.15) is 21.5 Å². The van der Waals surface area contributed by atoms with Gasteiger partial charge in [-0.15, -0.1) is 0 Å². The van der Waals surface area contributed by atoms with Crippen LogP contribution in [0.5, 0.6) is 0 Å². The molecule has 0 atom stereocenters. The minimum absolute atomic E-state index is 0.261. The van der Waals surface area contributed by atoms with E-state index in [2.05, 4.69) is 26.3 Å². The summed E-state index contributed by atoms with van der Waals surface area (Å²) in [4.78, 5) is 12.7. The Morgan fingerprint density at radius 2 is 1.93 bits per heavy atom. The molecule has 4 rings (SSSR count). The number of benzene rings is 2. The van der Waals surface area contributed by atoms with Gasteiger partial charge in [-0.05, 0) is 47.9 Å². The first-order valence-electron chi connectivity index (χ1n) is 8.99. The average molecular weight is 475 g/mol. The maximum absolute atomic E-state index is 12.7. The number of amides is 1. The van der Waals surface area contributed by atoms with E-state index in [-0.39, 0.29) is 5.91 Å². The molecule has 3 aromatic rings. The number of carbonyl (C=O) groups excluding carboxylic acids is 1. The lowest BCUT2D eigenvalue weighted by molar-refractivity contribution is 0.102. The van der Waals surface area contributed by atoms with Crippen LogP contribution in [0.2, 0.25) is 0 Å². The number of anilines is 2. The van der Waals surface area contributed by atoms with Crippen molar-refractivity contribution in [3.8, 4) is 0 Å². The normalized spacial score (nSPS) is 13.4. The van der Waals surface area contributed by atoms with E-state index >= 15 is 0 Å². The van der Waals surface area contributed by atoms with Crippen LogP contribution in [0, 0.1) is 0 Å². The Morgan fingerprint density at radius 3 is 2.66 bits per heavy atom. The predicted molar refractivity (Wildman–Crippen MR) is 116 cm³/mol. The molecule has 0 spiro atoms. The van der Waals surface area contributed by atoms with E-state index in [0.29, 0.717) is 36.6 Å². The fraction of sp³-hybridized carbons (Fsp3) is 0.200. The molecule has 2 heterocycles. The molecule has 0 unspecified atom stereocenters. The van der Waals surface area contributed by atoms with Gasteiger partial charge in [0.05, 0.1) is 24.7 Å². The number of nitrogens with zero attached hydrogens (tertiary/aromatic N) is 3. The van der Waals surface area contributed by atoms with Gasteiger partial charge in [0, 0.05) is 22.6 Å². The van der Waals surface area contributed by atoms with E-state index in [9.17, 15) is 13.2 Å². The van der Waals surface area contributed by atoms with Crippen molar-refractivity contribution < 1.29 is 13.2 Å². The first kappa shape index (κ1) is 19.7. The summed E-state index contributed by atoms with van der Waals surface area (Å²) in [6.45, 7) is 0.933. The lowest BCUT2D eigenvalue weighted by Crippen LogP contribution is -2.27.